The second-order valence-corrected chi connectivity index (χ2v) is 10.7. The van der Waals surface area contributed by atoms with E-state index in [1.165, 1.54) is 0 Å². The normalized spacial score (nSPS) is 11.9. The monoisotopic (exact) mass is 564 g/mol. The van der Waals surface area contributed by atoms with Crippen LogP contribution >= 0.6 is 46.4 Å². The van der Waals surface area contributed by atoms with Crippen molar-refractivity contribution in [3.05, 3.63) is 104 Å². The lowest BCUT2D eigenvalue weighted by Crippen LogP contribution is -2.51. The maximum atomic E-state index is 13.8. The summed E-state index contributed by atoms with van der Waals surface area (Å²) in [6.07, 6.45) is 0.397. The Morgan fingerprint density at radius 1 is 0.833 bits per heavy atom. The van der Waals surface area contributed by atoms with Crippen molar-refractivity contribution in [1.29, 1.82) is 0 Å². The van der Waals surface area contributed by atoms with Gasteiger partial charge in [0.25, 0.3) is 0 Å². The first-order valence-electron chi connectivity index (χ1n) is 11.6. The summed E-state index contributed by atoms with van der Waals surface area (Å²) < 4.78 is 0. The first-order valence-corrected chi connectivity index (χ1v) is 13.1. The van der Waals surface area contributed by atoms with Crippen LogP contribution in [0.2, 0.25) is 20.1 Å². The summed E-state index contributed by atoms with van der Waals surface area (Å²) in [4.78, 5) is 28.8. The van der Waals surface area contributed by atoms with Crippen LogP contribution in [0.5, 0.6) is 0 Å². The van der Waals surface area contributed by atoms with Crippen LogP contribution in [-0.4, -0.2) is 29.3 Å². The molecule has 0 fully saturated rings. The molecule has 0 aliphatic heterocycles. The van der Waals surface area contributed by atoms with Crippen LogP contribution in [0.25, 0.3) is 0 Å². The summed E-state index contributed by atoms with van der Waals surface area (Å²) in [5.41, 5.74) is 2.33. The second-order valence-electron chi connectivity index (χ2n) is 9.03. The Bertz CT molecular complexity index is 1200. The number of amides is 2. The molecule has 1 atom stereocenters. The molecule has 2 amide bonds. The molecule has 8 heteroatoms. The number of halogens is 4. The number of hydrogen-bond donors (Lipinski definition) is 1. The van der Waals surface area contributed by atoms with Gasteiger partial charge in [0.05, 0.1) is 16.5 Å². The van der Waals surface area contributed by atoms with Gasteiger partial charge < -0.3 is 10.2 Å². The highest BCUT2D eigenvalue weighted by Crippen LogP contribution is 2.26. The highest BCUT2D eigenvalue weighted by atomic mass is 35.5. The van der Waals surface area contributed by atoms with Gasteiger partial charge in [0.2, 0.25) is 11.8 Å². The summed E-state index contributed by atoms with van der Waals surface area (Å²) in [5, 5.41) is 4.70. The van der Waals surface area contributed by atoms with E-state index >= 15 is 0 Å². The molecule has 0 spiro atoms. The van der Waals surface area contributed by atoms with Crippen LogP contribution in [0.3, 0.4) is 0 Å². The lowest BCUT2D eigenvalue weighted by Gasteiger charge is -2.32. The number of carbonyl (C=O) groups is 2. The van der Waals surface area contributed by atoms with Crippen LogP contribution in [0.1, 0.15) is 30.5 Å². The number of nitrogens with one attached hydrogen (secondary N) is 1. The van der Waals surface area contributed by atoms with Gasteiger partial charge in [0, 0.05) is 29.6 Å². The maximum Gasteiger partial charge on any atom is 0.243 e. The lowest BCUT2D eigenvalue weighted by molar-refractivity contribution is -0.140. The number of nitrogens with zero attached hydrogens (tertiary/aromatic N) is 1. The average Bonchev–Trinajstić information content (AvgIpc) is 2.84. The molecule has 0 saturated carbocycles. The Morgan fingerprint density at radius 3 is 2.19 bits per heavy atom. The van der Waals surface area contributed by atoms with Gasteiger partial charge in [0.1, 0.15) is 6.04 Å². The fourth-order valence-electron chi connectivity index (χ4n) is 3.74. The molecular weight excluding hydrogens is 538 g/mol. The minimum absolute atomic E-state index is 0.0465. The quantitative estimate of drug-likeness (QED) is 0.281. The zero-order chi connectivity index (χ0) is 26.2. The van der Waals surface area contributed by atoms with Gasteiger partial charge in [-0.2, -0.15) is 0 Å². The van der Waals surface area contributed by atoms with Gasteiger partial charge in [0.15, 0.2) is 0 Å². The van der Waals surface area contributed by atoms with Crippen LogP contribution in [0, 0.1) is 5.92 Å². The van der Waals surface area contributed by atoms with E-state index in [0.717, 1.165) is 5.56 Å². The molecule has 3 aromatic carbocycles. The Balaban J connectivity index is 1.99. The Labute approximate surface area is 232 Å². The van der Waals surface area contributed by atoms with Crippen molar-refractivity contribution in [2.75, 3.05) is 6.54 Å². The first-order chi connectivity index (χ1) is 17.1. The zero-order valence-corrected chi connectivity index (χ0v) is 23.1. The number of hydrogen-bond acceptors (Lipinski definition) is 2. The minimum atomic E-state index is -0.756. The Kier molecular flexibility index (Phi) is 10.5. The molecule has 4 nitrogen and oxygen atoms in total. The van der Waals surface area contributed by atoms with Gasteiger partial charge in [-0.3, -0.25) is 9.59 Å². The van der Waals surface area contributed by atoms with Crippen molar-refractivity contribution >= 4 is 58.2 Å². The van der Waals surface area contributed by atoms with E-state index in [2.05, 4.69) is 5.32 Å². The van der Waals surface area contributed by atoms with E-state index in [1.807, 2.05) is 44.2 Å². The first kappa shape index (κ1) is 28.3. The molecule has 0 aliphatic carbocycles. The third kappa shape index (κ3) is 8.14. The second kappa shape index (κ2) is 13.3. The van der Waals surface area contributed by atoms with Gasteiger partial charge in [-0.05, 0) is 46.9 Å². The van der Waals surface area contributed by atoms with Crippen molar-refractivity contribution in [3.63, 3.8) is 0 Å². The molecule has 190 valence electrons. The third-order valence-electron chi connectivity index (χ3n) is 5.65. The van der Waals surface area contributed by atoms with Crippen molar-refractivity contribution in [2.24, 2.45) is 5.92 Å². The standard InChI is InChI=1S/C28H28Cl4N2O2/c1-18(2)16-33-28(36)26(13-19-6-4-3-5-7-19)34(17-21-9-10-22(29)15-24(21)31)27(35)14-20-8-11-23(30)25(32)12-20/h3-12,15,18,26H,13-14,16-17H2,1-2H3,(H,33,36)/t26-/m1/s1. The topological polar surface area (TPSA) is 49.4 Å². The van der Waals surface area contributed by atoms with E-state index < -0.39 is 6.04 Å². The largest absolute Gasteiger partial charge is 0.354 e. The van der Waals surface area contributed by atoms with E-state index in [9.17, 15) is 9.59 Å². The van der Waals surface area contributed by atoms with Crippen LogP contribution in [-0.2, 0) is 29.0 Å². The number of rotatable bonds is 10. The van der Waals surface area contributed by atoms with Crippen LogP contribution in [0.4, 0.5) is 0 Å². The summed E-state index contributed by atoms with van der Waals surface area (Å²) in [6, 6.07) is 19.1. The fourth-order valence-corrected chi connectivity index (χ4v) is 4.52. The average molecular weight is 566 g/mol. The molecule has 0 aliphatic rings. The molecule has 0 unspecified atom stereocenters. The van der Waals surface area contributed by atoms with E-state index in [4.69, 9.17) is 46.4 Å². The molecule has 36 heavy (non-hydrogen) atoms. The Morgan fingerprint density at radius 2 is 1.56 bits per heavy atom. The molecule has 3 rings (SSSR count). The maximum absolute atomic E-state index is 13.8. The summed E-state index contributed by atoms with van der Waals surface area (Å²) in [5.74, 6) is -0.197. The Hall–Kier alpha value is -2.24. The summed E-state index contributed by atoms with van der Waals surface area (Å²) in [6.45, 7) is 4.68. The molecule has 0 bridgehead atoms. The molecule has 3 aromatic rings. The van der Waals surface area contributed by atoms with E-state index in [0.29, 0.717) is 44.2 Å². The zero-order valence-electron chi connectivity index (χ0n) is 20.1. The van der Waals surface area contributed by atoms with Crippen molar-refractivity contribution in [3.8, 4) is 0 Å². The fraction of sp³-hybridized carbons (Fsp3) is 0.286. The SMILES string of the molecule is CC(C)CNC(=O)[C@@H](Cc1ccccc1)N(Cc1ccc(Cl)cc1Cl)C(=O)Cc1ccc(Cl)c(Cl)c1. The minimum Gasteiger partial charge on any atom is -0.354 e. The molecule has 0 heterocycles. The van der Waals surface area contributed by atoms with Crippen molar-refractivity contribution in [2.45, 2.75) is 39.3 Å². The van der Waals surface area contributed by atoms with E-state index in [-0.39, 0.29) is 30.7 Å². The predicted octanol–water partition coefficient (Wildman–Crippen LogP) is 7.26. The molecule has 0 radical (unpaired) electrons. The van der Waals surface area contributed by atoms with Gasteiger partial charge in [-0.25, -0.2) is 0 Å². The third-order valence-corrected chi connectivity index (χ3v) is 6.98. The van der Waals surface area contributed by atoms with Crippen LogP contribution < -0.4 is 5.32 Å². The van der Waals surface area contributed by atoms with Gasteiger partial charge in [-0.1, -0.05) is 103 Å². The predicted molar refractivity (Wildman–Crippen MR) is 149 cm³/mol. The summed E-state index contributed by atoms with van der Waals surface area (Å²) >= 11 is 24.8. The van der Waals surface area contributed by atoms with Gasteiger partial charge in [-0.15, -0.1) is 0 Å². The number of carbonyl (C=O) groups excluding carboxylic acids is 2. The lowest BCUT2D eigenvalue weighted by atomic mass is 10.0. The highest BCUT2D eigenvalue weighted by molar-refractivity contribution is 6.42. The molecule has 1 N–H and O–H groups in total. The molecular formula is C28H28Cl4N2O2. The highest BCUT2D eigenvalue weighted by Gasteiger charge is 2.31. The van der Waals surface area contributed by atoms with Crippen LogP contribution in [0.15, 0.2) is 66.7 Å². The molecule has 0 aromatic heterocycles. The molecule has 0 saturated heterocycles. The number of benzene rings is 3. The van der Waals surface area contributed by atoms with E-state index in [1.54, 1.807) is 41.3 Å². The smallest absolute Gasteiger partial charge is 0.243 e. The summed E-state index contributed by atoms with van der Waals surface area (Å²) in [7, 11) is 0. The van der Waals surface area contributed by atoms with Gasteiger partial charge >= 0.3 is 0 Å². The van der Waals surface area contributed by atoms with Crippen molar-refractivity contribution < 1.29 is 9.59 Å². The van der Waals surface area contributed by atoms with Crippen molar-refractivity contribution in [1.82, 2.24) is 10.2 Å².